The zero-order valence-corrected chi connectivity index (χ0v) is 13.4. The molecule has 0 saturated carbocycles. The Bertz CT molecular complexity index is 777. The molecular weight excluding hydrogens is 284 g/mol. The number of benzene rings is 3. The predicted octanol–water partition coefficient (Wildman–Crippen LogP) is 4.89. The molecule has 0 amide bonds. The minimum absolute atomic E-state index is 0.126. The van der Waals surface area contributed by atoms with E-state index in [-0.39, 0.29) is 5.92 Å². The van der Waals surface area contributed by atoms with Gasteiger partial charge in [0.1, 0.15) is 11.5 Å². The third kappa shape index (κ3) is 3.21. The van der Waals surface area contributed by atoms with Crippen LogP contribution in [0, 0.1) is 6.92 Å². The lowest BCUT2D eigenvalue weighted by Gasteiger charge is -2.20. The number of phenols is 1. The van der Waals surface area contributed by atoms with Crippen LogP contribution in [0.2, 0.25) is 0 Å². The van der Waals surface area contributed by atoms with Gasteiger partial charge in [-0.1, -0.05) is 54.6 Å². The summed E-state index contributed by atoms with van der Waals surface area (Å²) in [6.45, 7) is 1.93. The lowest BCUT2D eigenvalue weighted by molar-refractivity contribution is 0.414. The summed E-state index contributed by atoms with van der Waals surface area (Å²) in [5.74, 6) is 1.30. The van der Waals surface area contributed by atoms with Crippen LogP contribution in [-0.2, 0) is 0 Å². The monoisotopic (exact) mass is 304 g/mol. The summed E-state index contributed by atoms with van der Waals surface area (Å²) in [5.41, 5.74) is 4.47. The van der Waals surface area contributed by atoms with E-state index in [2.05, 4.69) is 42.5 Å². The number of hydrogen-bond acceptors (Lipinski definition) is 2. The van der Waals surface area contributed by atoms with Crippen molar-refractivity contribution in [1.29, 1.82) is 0 Å². The van der Waals surface area contributed by atoms with Crippen LogP contribution in [0.25, 0.3) is 0 Å². The SMILES string of the molecule is COc1ccc(C(c2ccccc2)c2ccc(O)c(C)c2)cc1. The van der Waals surface area contributed by atoms with Crippen molar-refractivity contribution in [3.05, 3.63) is 95.1 Å². The molecule has 3 aromatic rings. The molecule has 0 radical (unpaired) electrons. The molecule has 116 valence electrons. The topological polar surface area (TPSA) is 29.5 Å². The Hall–Kier alpha value is -2.74. The number of ether oxygens (including phenoxy) is 1. The van der Waals surface area contributed by atoms with Gasteiger partial charge >= 0.3 is 0 Å². The van der Waals surface area contributed by atoms with Gasteiger partial charge in [-0.15, -0.1) is 0 Å². The van der Waals surface area contributed by atoms with Crippen molar-refractivity contribution in [2.45, 2.75) is 12.8 Å². The van der Waals surface area contributed by atoms with Crippen molar-refractivity contribution < 1.29 is 9.84 Å². The number of phenolic OH excluding ortho intramolecular Hbond substituents is 1. The molecule has 2 heteroatoms. The molecule has 3 rings (SSSR count). The van der Waals surface area contributed by atoms with Gasteiger partial charge < -0.3 is 9.84 Å². The van der Waals surface area contributed by atoms with Gasteiger partial charge in [0.15, 0.2) is 0 Å². The number of aromatic hydroxyl groups is 1. The van der Waals surface area contributed by atoms with Gasteiger partial charge in [0, 0.05) is 5.92 Å². The van der Waals surface area contributed by atoms with Crippen molar-refractivity contribution in [3.8, 4) is 11.5 Å². The van der Waals surface area contributed by atoms with E-state index in [4.69, 9.17) is 4.74 Å². The fourth-order valence-electron chi connectivity index (χ4n) is 2.88. The summed E-state index contributed by atoms with van der Waals surface area (Å²) in [4.78, 5) is 0. The number of hydrogen-bond donors (Lipinski definition) is 1. The van der Waals surface area contributed by atoms with Crippen LogP contribution in [0.4, 0.5) is 0 Å². The molecule has 0 saturated heterocycles. The highest BCUT2D eigenvalue weighted by Gasteiger charge is 2.17. The molecule has 0 aliphatic rings. The van der Waals surface area contributed by atoms with E-state index in [1.807, 2.05) is 31.2 Å². The van der Waals surface area contributed by atoms with Gasteiger partial charge in [-0.05, 0) is 47.4 Å². The van der Waals surface area contributed by atoms with Gasteiger partial charge in [0.2, 0.25) is 0 Å². The van der Waals surface area contributed by atoms with Crippen LogP contribution in [0.15, 0.2) is 72.8 Å². The minimum atomic E-state index is 0.126. The maximum atomic E-state index is 9.82. The third-order valence-corrected chi connectivity index (χ3v) is 4.14. The Balaban J connectivity index is 2.11. The normalized spacial score (nSPS) is 11.9. The first kappa shape index (κ1) is 15.2. The first-order valence-corrected chi connectivity index (χ1v) is 7.67. The molecular formula is C21H20O2. The summed E-state index contributed by atoms with van der Waals surface area (Å²) >= 11 is 0. The maximum Gasteiger partial charge on any atom is 0.118 e. The van der Waals surface area contributed by atoms with Crippen LogP contribution in [0.5, 0.6) is 11.5 Å². The van der Waals surface area contributed by atoms with Crippen LogP contribution < -0.4 is 4.74 Å². The second kappa shape index (κ2) is 6.57. The largest absolute Gasteiger partial charge is 0.508 e. The van der Waals surface area contributed by atoms with Crippen LogP contribution >= 0.6 is 0 Å². The highest BCUT2D eigenvalue weighted by molar-refractivity contribution is 5.47. The molecule has 0 heterocycles. The molecule has 2 nitrogen and oxygen atoms in total. The number of aryl methyl sites for hydroxylation is 1. The van der Waals surface area contributed by atoms with Gasteiger partial charge in [-0.3, -0.25) is 0 Å². The smallest absolute Gasteiger partial charge is 0.118 e. The van der Waals surface area contributed by atoms with Crippen molar-refractivity contribution in [1.82, 2.24) is 0 Å². The Kier molecular flexibility index (Phi) is 4.33. The molecule has 0 fully saturated rings. The zero-order valence-electron chi connectivity index (χ0n) is 13.4. The Morgan fingerprint density at radius 1 is 0.783 bits per heavy atom. The molecule has 23 heavy (non-hydrogen) atoms. The van der Waals surface area contributed by atoms with Crippen molar-refractivity contribution >= 4 is 0 Å². The fourth-order valence-corrected chi connectivity index (χ4v) is 2.88. The van der Waals surface area contributed by atoms with E-state index in [0.29, 0.717) is 5.75 Å². The first-order chi connectivity index (χ1) is 11.2. The molecule has 1 N–H and O–H groups in total. The molecule has 0 aliphatic heterocycles. The van der Waals surface area contributed by atoms with E-state index in [0.717, 1.165) is 16.9 Å². The van der Waals surface area contributed by atoms with Gasteiger partial charge in [-0.25, -0.2) is 0 Å². The summed E-state index contributed by atoms with van der Waals surface area (Å²) < 4.78 is 5.26. The van der Waals surface area contributed by atoms with Crippen molar-refractivity contribution in [2.24, 2.45) is 0 Å². The fraction of sp³-hybridized carbons (Fsp3) is 0.143. The van der Waals surface area contributed by atoms with E-state index >= 15 is 0 Å². The Labute approximate surface area is 137 Å². The number of methoxy groups -OCH3 is 1. The molecule has 0 aromatic heterocycles. The summed E-state index contributed by atoms with van der Waals surface area (Å²) in [6, 6.07) is 24.4. The zero-order chi connectivity index (χ0) is 16.2. The van der Waals surface area contributed by atoms with Crippen LogP contribution in [0.1, 0.15) is 28.2 Å². The average molecular weight is 304 g/mol. The van der Waals surface area contributed by atoms with E-state index < -0.39 is 0 Å². The molecule has 0 bridgehead atoms. The third-order valence-electron chi connectivity index (χ3n) is 4.14. The van der Waals surface area contributed by atoms with E-state index in [1.165, 1.54) is 11.1 Å². The highest BCUT2D eigenvalue weighted by Crippen LogP contribution is 2.34. The molecule has 3 aromatic carbocycles. The maximum absolute atomic E-state index is 9.82. The van der Waals surface area contributed by atoms with Crippen LogP contribution in [0.3, 0.4) is 0 Å². The standard InChI is InChI=1S/C21H20O2/c1-15-14-18(10-13-20(15)22)21(16-6-4-3-5-7-16)17-8-11-19(23-2)12-9-17/h3-14,21-22H,1-2H3. The van der Waals surface area contributed by atoms with Gasteiger partial charge in [0.25, 0.3) is 0 Å². The second-order valence-electron chi connectivity index (χ2n) is 5.66. The van der Waals surface area contributed by atoms with Crippen molar-refractivity contribution in [3.63, 3.8) is 0 Å². The molecule has 1 atom stereocenters. The molecule has 0 aliphatic carbocycles. The van der Waals surface area contributed by atoms with E-state index in [1.54, 1.807) is 13.2 Å². The predicted molar refractivity (Wildman–Crippen MR) is 93.2 cm³/mol. The van der Waals surface area contributed by atoms with Crippen LogP contribution in [-0.4, -0.2) is 12.2 Å². The summed E-state index contributed by atoms with van der Waals surface area (Å²) in [5, 5.41) is 9.82. The lowest BCUT2D eigenvalue weighted by Crippen LogP contribution is -2.03. The number of rotatable bonds is 4. The summed E-state index contributed by atoms with van der Waals surface area (Å²) in [7, 11) is 1.67. The van der Waals surface area contributed by atoms with Crippen molar-refractivity contribution in [2.75, 3.05) is 7.11 Å². The first-order valence-electron chi connectivity index (χ1n) is 7.67. The molecule has 0 spiro atoms. The second-order valence-corrected chi connectivity index (χ2v) is 5.66. The van der Waals surface area contributed by atoms with Gasteiger partial charge in [0.05, 0.1) is 7.11 Å². The Morgan fingerprint density at radius 3 is 2.00 bits per heavy atom. The van der Waals surface area contributed by atoms with Gasteiger partial charge in [-0.2, -0.15) is 0 Å². The Morgan fingerprint density at radius 2 is 1.39 bits per heavy atom. The minimum Gasteiger partial charge on any atom is -0.508 e. The molecule has 1 unspecified atom stereocenters. The lowest BCUT2D eigenvalue weighted by atomic mass is 9.84. The highest BCUT2D eigenvalue weighted by atomic mass is 16.5. The quantitative estimate of drug-likeness (QED) is 0.695. The summed E-state index contributed by atoms with van der Waals surface area (Å²) in [6.07, 6.45) is 0. The van der Waals surface area contributed by atoms with E-state index in [9.17, 15) is 5.11 Å². The average Bonchev–Trinajstić information content (AvgIpc) is 2.60.